The maximum absolute atomic E-state index is 12.8. The number of rotatable bonds is 56. The first kappa shape index (κ1) is 71.5. The van der Waals surface area contributed by atoms with Gasteiger partial charge in [-0.15, -0.1) is 0 Å². The third-order valence-corrected chi connectivity index (χ3v) is 14.2. The monoisotopic (exact) mass is 1060 g/mol. The standard InChI is InChI=1S/C64H116NO8P/c1-6-8-10-12-14-16-18-20-22-24-26-27-28-29-30-31-32-33-34-35-36-37-39-40-42-44-46-48-50-52-54-56-63(66)70-60-62(61-72-74(68,69)71-59-58-65(3,4)5)73-64(67)57-55-53-51-49-47-45-43-41-38-25-23-21-19-17-15-13-11-9-7-2/h9,11,15,17,21,23-24,26,38,41,45,47,62H,6-8,10,12-14,16,18-20,22,25,27-37,39-40,42-44,46,48-61H2,1-5H3/b11-9-,17-15-,23-21-,26-24-,41-38-,47-45-. The van der Waals surface area contributed by atoms with E-state index in [1.807, 2.05) is 21.1 Å². The molecule has 0 rings (SSSR count). The summed E-state index contributed by atoms with van der Waals surface area (Å²) in [6.07, 6.45) is 72.6. The van der Waals surface area contributed by atoms with Crippen LogP contribution in [-0.4, -0.2) is 70.0 Å². The molecule has 0 radical (unpaired) electrons. The lowest BCUT2D eigenvalue weighted by Gasteiger charge is -2.28. The van der Waals surface area contributed by atoms with Crippen molar-refractivity contribution in [3.63, 3.8) is 0 Å². The number of quaternary nitrogens is 1. The van der Waals surface area contributed by atoms with Crippen LogP contribution in [0.1, 0.15) is 271 Å². The van der Waals surface area contributed by atoms with E-state index in [1.54, 1.807) is 0 Å². The van der Waals surface area contributed by atoms with Gasteiger partial charge in [0, 0.05) is 12.8 Å². The summed E-state index contributed by atoms with van der Waals surface area (Å²) in [5.74, 6) is -0.866. The Morgan fingerprint density at radius 2 is 0.770 bits per heavy atom. The van der Waals surface area contributed by atoms with Crippen LogP contribution in [0, 0.1) is 0 Å². The summed E-state index contributed by atoms with van der Waals surface area (Å²) in [5.41, 5.74) is 0. The molecule has 0 bridgehead atoms. The zero-order chi connectivity index (χ0) is 54.2. The van der Waals surface area contributed by atoms with E-state index in [1.165, 1.54) is 167 Å². The van der Waals surface area contributed by atoms with Crippen LogP contribution < -0.4 is 4.89 Å². The van der Waals surface area contributed by atoms with E-state index in [2.05, 4.69) is 86.8 Å². The molecule has 0 heterocycles. The molecular weight excluding hydrogens is 942 g/mol. The summed E-state index contributed by atoms with van der Waals surface area (Å²) < 4.78 is 34.1. The Kier molecular flexibility index (Phi) is 53.3. The topological polar surface area (TPSA) is 111 Å². The van der Waals surface area contributed by atoms with Crippen LogP contribution in [0.15, 0.2) is 72.9 Å². The SMILES string of the molecule is CC/C=C\C/C=C\C/C=C\C/C=C\C/C=C\CCCCCC(=O)OC(COC(=O)CCCCCCCCCCCCCCCCCCCCC/C=C\CCCCCCCCCC)COP(=O)([O-])OCC[N+](C)(C)C. The number of likely N-dealkylation sites (N-methyl/N-ethyl adjacent to an activating group) is 1. The van der Waals surface area contributed by atoms with E-state index in [4.69, 9.17) is 18.5 Å². The van der Waals surface area contributed by atoms with Gasteiger partial charge in [0.15, 0.2) is 6.10 Å². The van der Waals surface area contributed by atoms with Crippen LogP contribution in [0.5, 0.6) is 0 Å². The molecule has 2 atom stereocenters. The van der Waals surface area contributed by atoms with Gasteiger partial charge in [-0.3, -0.25) is 14.2 Å². The van der Waals surface area contributed by atoms with Crippen molar-refractivity contribution in [1.29, 1.82) is 0 Å². The molecule has 0 aromatic heterocycles. The Bertz CT molecular complexity index is 1480. The Balaban J connectivity index is 4.09. The van der Waals surface area contributed by atoms with Crippen LogP contribution in [0.4, 0.5) is 0 Å². The Hall–Kier alpha value is -2.55. The molecule has 0 amide bonds. The minimum absolute atomic E-state index is 0.0396. The summed E-state index contributed by atoms with van der Waals surface area (Å²) in [6.45, 7) is 4.11. The molecule has 0 aliphatic carbocycles. The van der Waals surface area contributed by atoms with Crippen LogP contribution in [0.25, 0.3) is 0 Å². The fourth-order valence-corrected chi connectivity index (χ4v) is 9.23. The quantitative estimate of drug-likeness (QED) is 0.0195. The van der Waals surface area contributed by atoms with Gasteiger partial charge >= 0.3 is 11.9 Å². The number of hydrogen-bond donors (Lipinski definition) is 0. The number of carbonyl (C=O) groups excluding carboxylic acids is 2. The summed E-state index contributed by atoms with van der Waals surface area (Å²) >= 11 is 0. The number of hydrogen-bond acceptors (Lipinski definition) is 8. The number of allylic oxidation sites excluding steroid dienone is 12. The first-order valence-corrected chi connectivity index (χ1v) is 32.1. The van der Waals surface area contributed by atoms with Gasteiger partial charge in [-0.25, -0.2) is 0 Å². The van der Waals surface area contributed by atoms with E-state index < -0.39 is 26.5 Å². The maximum atomic E-state index is 12.8. The lowest BCUT2D eigenvalue weighted by molar-refractivity contribution is -0.870. The molecule has 0 N–H and O–H groups in total. The van der Waals surface area contributed by atoms with Gasteiger partial charge in [0.2, 0.25) is 0 Å². The lowest BCUT2D eigenvalue weighted by atomic mass is 10.0. The molecular formula is C64H116NO8P. The molecule has 0 aromatic carbocycles. The number of esters is 2. The van der Waals surface area contributed by atoms with Crippen LogP contribution in [0.3, 0.4) is 0 Å². The van der Waals surface area contributed by atoms with E-state index >= 15 is 0 Å². The first-order chi connectivity index (χ1) is 36.0. The first-order valence-electron chi connectivity index (χ1n) is 30.6. The van der Waals surface area contributed by atoms with Crippen molar-refractivity contribution in [2.45, 2.75) is 277 Å². The average Bonchev–Trinajstić information content (AvgIpc) is 3.36. The molecule has 74 heavy (non-hydrogen) atoms. The minimum atomic E-state index is -4.65. The van der Waals surface area contributed by atoms with Crippen molar-refractivity contribution >= 4 is 19.8 Å². The van der Waals surface area contributed by atoms with Crippen molar-refractivity contribution in [1.82, 2.24) is 0 Å². The lowest BCUT2D eigenvalue weighted by Crippen LogP contribution is -2.37. The predicted octanol–water partition coefficient (Wildman–Crippen LogP) is 18.6. The average molecular weight is 1060 g/mol. The zero-order valence-electron chi connectivity index (χ0n) is 48.8. The van der Waals surface area contributed by atoms with E-state index in [9.17, 15) is 19.0 Å². The van der Waals surface area contributed by atoms with Gasteiger partial charge in [0.25, 0.3) is 7.82 Å². The van der Waals surface area contributed by atoms with Crippen molar-refractivity contribution in [2.75, 3.05) is 47.5 Å². The van der Waals surface area contributed by atoms with Gasteiger partial charge in [-0.2, -0.15) is 0 Å². The van der Waals surface area contributed by atoms with Gasteiger partial charge < -0.3 is 27.9 Å². The minimum Gasteiger partial charge on any atom is -0.756 e. The Morgan fingerprint density at radius 1 is 0.432 bits per heavy atom. The zero-order valence-corrected chi connectivity index (χ0v) is 49.7. The summed E-state index contributed by atoms with van der Waals surface area (Å²) in [6, 6.07) is 0. The number of nitrogens with zero attached hydrogens (tertiary/aromatic N) is 1. The van der Waals surface area contributed by atoms with Gasteiger partial charge in [0.1, 0.15) is 19.8 Å². The smallest absolute Gasteiger partial charge is 0.306 e. The van der Waals surface area contributed by atoms with Crippen LogP contribution in [0.2, 0.25) is 0 Å². The molecule has 0 aliphatic heterocycles. The third kappa shape index (κ3) is 58.7. The highest BCUT2D eigenvalue weighted by atomic mass is 31.2. The van der Waals surface area contributed by atoms with Gasteiger partial charge in [0.05, 0.1) is 27.7 Å². The molecule has 0 aliphatic rings. The number of phosphoric acid groups is 1. The normalized spacial score (nSPS) is 13.8. The second-order valence-corrected chi connectivity index (χ2v) is 23.1. The van der Waals surface area contributed by atoms with E-state index in [-0.39, 0.29) is 32.0 Å². The highest BCUT2D eigenvalue weighted by molar-refractivity contribution is 7.45. The molecule has 0 saturated heterocycles. The van der Waals surface area contributed by atoms with Gasteiger partial charge in [-0.1, -0.05) is 247 Å². The number of phosphoric ester groups is 1. The second kappa shape index (κ2) is 55.2. The number of carbonyl (C=O) groups is 2. The van der Waals surface area contributed by atoms with Crippen LogP contribution in [-0.2, 0) is 32.7 Å². The number of ether oxygens (including phenoxy) is 2. The Morgan fingerprint density at radius 3 is 1.18 bits per heavy atom. The molecule has 0 saturated carbocycles. The molecule has 0 fully saturated rings. The van der Waals surface area contributed by atoms with Crippen molar-refractivity contribution in [2.24, 2.45) is 0 Å². The summed E-state index contributed by atoms with van der Waals surface area (Å²) in [7, 11) is 1.14. The Labute approximate surface area is 457 Å². The highest BCUT2D eigenvalue weighted by Gasteiger charge is 2.22. The molecule has 2 unspecified atom stereocenters. The molecule has 430 valence electrons. The van der Waals surface area contributed by atoms with Crippen molar-refractivity contribution in [3.8, 4) is 0 Å². The van der Waals surface area contributed by atoms with Crippen molar-refractivity contribution in [3.05, 3.63) is 72.9 Å². The molecule has 9 nitrogen and oxygen atoms in total. The summed E-state index contributed by atoms with van der Waals surface area (Å²) in [4.78, 5) is 37.9. The predicted molar refractivity (Wildman–Crippen MR) is 314 cm³/mol. The van der Waals surface area contributed by atoms with Crippen LogP contribution >= 0.6 is 7.82 Å². The highest BCUT2D eigenvalue weighted by Crippen LogP contribution is 2.38. The van der Waals surface area contributed by atoms with E-state index in [0.29, 0.717) is 17.4 Å². The molecule has 0 aromatic rings. The van der Waals surface area contributed by atoms with Gasteiger partial charge in [-0.05, 0) is 83.5 Å². The fourth-order valence-electron chi connectivity index (χ4n) is 8.50. The van der Waals surface area contributed by atoms with E-state index in [0.717, 1.165) is 70.6 Å². The maximum Gasteiger partial charge on any atom is 0.306 e. The molecule has 10 heteroatoms. The second-order valence-electron chi connectivity index (χ2n) is 21.7. The van der Waals surface area contributed by atoms with Crippen molar-refractivity contribution < 1.29 is 42.1 Å². The summed E-state index contributed by atoms with van der Waals surface area (Å²) in [5, 5.41) is 0. The molecule has 0 spiro atoms. The number of unbranched alkanes of at least 4 members (excludes halogenated alkanes) is 30. The largest absolute Gasteiger partial charge is 0.756 e. The third-order valence-electron chi connectivity index (χ3n) is 13.2. The fraction of sp³-hybridized carbons (Fsp3) is 0.781.